The number of anilines is 1. The maximum absolute atomic E-state index is 12.6. The first kappa shape index (κ1) is 25.2. The molecule has 1 aromatic heterocycles. The predicted octanol–water partition coefficient (Wildman–Crippen LogP) is 6.50. The highest BCUT2D eigenvalue weighted by Gasteiger charge is 2.19. The average molecular weight is 440 g/mol. The van der Waals surface area contributed by atoms with E-state index in [1.807, 2.05) is 26.0 Å². The molecule has 1 heterocycles. The van der Waals surface area contributed by atoms with Gasteiger partial charge in [0.25, 0.3) is 0 Å². The minimum Gasteiger partial charge on any atom is -0.490 e. The van der Waals surface area contributed by atoms with Gasteiger partial charge in [-0.1, -0.05) is 39.0 Å². The van der Waals surface area contributed by atoms with Crippen molar-refractivity contribution in [1.82, 2.24) is 9.97 Å². The summed E-state index contributed by atoms with van der Waals surface area (Å²) in [7, 11) is 0. The van der Waals surface area contributed by atoms with Crippen LogP contribution in [0.2, 0.25) is 0 Å². The van der Waals surface area contributed by atoms with E-state index in [0.717, 1.165) is 35.1 Å². The van der Waals surface area contributed by atoms with E-state index >= 15 is 0 Å². The van der Waals surface area contributed by atoms with Gasteiger partial charge in [0.15, 0.2) is 0 Å². The van der Waals surface area contributed by atoms with Gasteiger partial charge in [-0.2, -0.15) is 0 Å². The maximum atomic E-state index is 12.6. The molecule has 6 heteroatoms. The van der Waals surface area contributed by atoms with Crippen molar-refractivity contribution in [3.63, 3.8) is 0 Å². The van der Waals surface area contributed by atoms with Crippen molar-refractivity contribution in [2.45, 2.75) is 60.0 Å². The van der Waals surface area contributed by atoms with Gasteiger partial charge in [-0.15, -0.1) is 0 Å². The quantitative estimate of drug-likeness (QED) is 0.383. The number of carbonyl (C=O) groups excluding carboxylic acids is 1. The highest BCUT2D eigenvalue weighted by Crippen LogP contribution is 2.30. The predicted molar refractivity (Wildman–Crippen MR) is 130 cm³/mol. The van der Waals surface area contributed by atoms with Crippen molar-refractivity contribution < 1.29 is 13.9 Å². The van der Waals surface area contributed by atoms with Gasteiger partial charge >= 0.3 is 0 Å². The molecule has 172 valence electrons. The van der Waals surface area contributed by atoms with Gasteiger partial charge in [0, 0.05) is 17.0 Å². The molecule has 0 amide bonds. The van der Waals surface area contributed by atoms with Crippen molar-refractivity contribution >= 4 is 22.5 Å². The molecule has 32 heavy (non-hydrogen) atoms. The second-order valence-corrected chi connectivity index (χ2v) is 8.29. The van der Waals surface area contributed by atoms with Gasteiger partial charge in [0.05, 0.1) is 11.6 Å². The Morgan fingerprint density at radius 2 is 2.06 bits per heavy atom. The summed E-state index contributed by atoms with van der Waals surface area (Å²) in [6.07, 6.45) is 9.21. The number of hydrogen-bond acceptors (Lipinski definition) is 5. The zero-order valence-electron chi connectivity index (χ0n) is 19.7. The van der Waals surface area contributed by atoms with Gasteiger partial charge in [0.1, 0.15) is 30.4 Å². The highest BCUT2D eigenvalue weighted by atomic mass is 19.1. The molecule has 0 aliphatic carbocycles. The van der Waals surface area contributed by atoms with Gasteiger partial charge < -0.3 is 10.1 Å². The van der Waals surface area contributed by atoms with Crippen LogP contribution in [0.3, 0.4) is 0 Å². The maximum Gasteiger partial charge on any atom is 0.141 e. The van der Waals surface area contributed by atoms with E-state index in [9.17, 15) is 9.18 Å². The molecule has 0 bridgehead atoms. The van der Waals surface area contributed by atoms with E-state index in [2.05, 4.69) is 28.8 Å². The molecule has 2 unspecified atom stereocenters. The van der Waals surface area contributed by atoms with E-state index in [4.69, 9.17) is 4.74 Å². The Hall–Kier alpha value is -3.02. The van der Waals surface area contributed by atoms with E-state index < -0.39 is 6.67 Å². The summed E-state index contributed by atoms with van der Waals surface area (Å²) in [4.78, 5) is 20.5. The Bertz CT molecular complexity index is 1010. The molecule has 5 nitrogen and oxygen atoms in total. The van der Waals surface area contributed by atoms with Gasteiger partial charge in [-0.25, -0.2) is 14.4 Å². The summed E-state index contributed by atoms with van der Waals surface area (Å²) in [5.41, 5.74) is 3.03. The number of rotatable bonds is 12. The number of benzene rings is 1. The normalized spacial score (nSPS) is 13.9. The number of hydrogen-bond donors (Lipinski definition) is 1. The third kappa shape index (κ3) is 7.29. The number of halogens is 1. The highest BCUT2D eigenvalue weighted by molar-refractivity contribution is 5.91. The molecule has 0 saturated heterocycles. The lowest BCUT2D eigenvalue weighted by molar-refractivity contribution is -0.121. The number of allylic oxidation sites excluding steroid dienone is 4. The largest absolute Gasteiger partial charge is 0.490 e. The summed E-state index contributed by atoms with van der Waals surface area (Å²) >= 11 is 0. The number of nitrogens with one attached hydrogen (secondary N) is 1. The molecule has 0 spiro atoms. The van der Waals surface area contributed by atoms with Crippen LogP contribution in [0.15, 0.2) is 54.5 Å². The van der Waals surface area contributed by atoms with Crippen LogP contribution in [0.1, 0.15) is 52.5 Å². The number of ketones is 1. The summed E-state index contributed by atoms with van der Waals surface area (Å²) in [5, 5.41) is 4.01. The number of Topliss-reactive ketones (excluding diaryl/α,β-unsaturated/α-hetero) is 1. The lowest BCUT2D eigenvalue weighted by Gasteiger charge is -2.22. The van der Waals surface area contributed by atoms with E-state index in [1.54, 1.807) is 32.1 Å². The fourth-order valence-corrected chi connectivity index (χ4v) is 3.27. The number of aryl methyl sites for hydroxylation is 1. The molecule has 0 radical (unpaired) electrons. The Morgan fingerprint density at radius 3 is 2.72 bits per heavy atom. The number of alkyl halides is 1. The molecular weight excluding hydrogens is 405 g/mol. The van der Waals surface area contributed by atoms with Crippen molar-refractivity contribution in [2.24, 2.45) is 5.92 Å². The molecule has 0 fully saturated rings. The standard InChI is InChI=1S/C26H34FN3O2/c1-7-9-22(12-18(3)21(6)31)32-25-14-23-24(13-19(25)4)28-16-29-26(23)30-20(5)11-8-10-17(2)15-27/h8,10-11,13-14,16,18,22H,5,7,9,12,15H2,1-4,6H3,(H,28,29,30)/b11-8-,17-10-. The molecule has 0 aliphatic rings. The minimum atomic E-state index is -0.479. The molecule has 1 N–H and O–H groups in total. The van der Waals surface area contributed by atoms with Crippen molar-refractivity contribution in [3.8, 4) is 5.75 Å². The smallest absolute Gasteiger partial charge is 0.141 e. The lowest BCUT2D eigenvalue weighted by Crippen LogP contribution is -2.23. The van der Waals surface area contributed by atoms with E-state index in [1.165, 1.54) is 6.33 Å². The average Bonchev–Trinajstić information content (AvgIpc) is 2.74. The van der Waals surface area contributed by atoms with Crippen molar-refractivity contribution in [2.75, 3.05) is 12.0 Å². The monoisotopic (exact) mass is 439 g/mol. The van der Waals surface area contributed by atoms with Gasteiger partial charge in [-0.05, 0) is 63.0 Å². The fourth-order valence-electron chi connectivity index (χ4n) is 3.27. The van der Waals surface area contributed by atoms with Crippen LogP contribution in [0.25, 0.3) is 10.9 Å². The summed E-state index contributed by atoms with van der Waals surface area (Å²) in [5.74, 6) is 1.50. The first-order valence-corrected chi connectivity index (χ1v) is 11.0. The Labute approximate surface area is 190 Å². The number of carbonyl (C=O) groups is 1. The lowest BCUT2D eigenvalue weighted by atomic mass is 9.97. The number of ether oxygens (including phenoxy) is 1. The molecule has 1 aromatic carbocycles. The van der Waals surface area contributed by atoms with Crippen LogP contribution in [-0.4, -0.2) is 28.5 Å². The third-order valence-corrected chi connectivity index (χ3v) is 5.31. The number of fused-ring (bicyclic) bond motifs is 1. The first-order chi connectivity index (χ1) is 15.2. The fraction of sp³-hybridized carbons (Fsp3) is 0.423. The molecular formula is C26H34FN3O2. The molecule has 2 aromatic rings. The number of aromatic nitrogens is 2. The summed E-state index contributed by atoms with van der Waals surface area (Å²) < 4.78 is 18.9. The Morgan fingerprint density at radius 1 is 1.31 bits per heavy atom. The third-order valence-electron chi connectivity index (χ3n) is 5.31. The zero-order chi connectivity index (χ0) is 23.7. The van der Waals surface area contributed by atoms with Crippen LogP contribution in [-0.2, 0) is 4.79 Å². The summed E-state index contributed by atoms with van der Waals surface area (Å²) in [6.45, 7) is 12.9. The molecule has 2 rings (SSSR count). The van der Waals surface area contributed by atoms with Gasteiger partial charge in [-0.3, -0.25) is 4.79 Å². The minimum absolute atomic E-state index is 0.0421. The molecule has 2 atom stereocenters. The topological polar surface area (TPSA) is 64.1 Å². The van der Waals surface area contributed by atoms with Crippen LogP contribution in [0.4, 0.5) is 10.2 Å². The first-order valence-electron chi connectivity index (χ1n) is 11.0. The zero-order valence-corrected chi connectivity index (χ0v) is 19.7. The SMILES string of the molecule is C=C(/C=C\C=C(\C)CF)Nc1ncnc2cc(C)c(OC(CCC)CC(C)C(C)=O)cc12. The summed E-state index contributed by atoms with van der Waals surface area (Å²) in [6, 6.07) is 3.92. The number of nitrogens with zero attached hydrogens (tertiary/aromatic N) is 2. The van der Waals surface area contributed by atoms with Crippen LogP contribution in [0.5, 0.6) is 5.75 Å². The Balaban J connectivity index is 2.30. The van der Waals surface area contributed by atoms with Crippen molar-refractivity contribution in [3.05, 3.63) is 60.1 Å². The van der Waals surface area contributed by atoms with Crippen LogP contribution >= 0.6 is 0 Å². The van der Waals surface area contributed by atoms with E-state index in [0.29, 0.717) is 23.5 Å². The second kappa shape index (κ2) is 12.1. The van der Waals surface area contributed by atoms with E-state index in [-0.39, 0.29) is 17.8 Å². The van der Waals surface area contributed by atoms with Crippen LogP contribution in [0, 0.1) is 12.8 Å². The molecule has 0 saturated carbocycles. The van der Waals surface area contributed by atoms with Gasteiger partial charge in [0.2, 0.25) is 0 Å². The Kier molecular flexibility index (Phi) is 9.57. The van der Waals surface area contributed by atoms with Crippen molar-refractivity contribution in [1.29, 1.82) is 0 Å². The van der Waals surface area contributed by atoms with Crippen LogP contribution < -0.4 is 10.1 Å². The molecule has 0 aliphatic heterocycles. The second-order valence-electron chi connectivity index (χ2n) is 8.29.